The predicted molar refractivity (Wildman–Crippen MR) is 151 cm³/mol. The molecule has 4 aromatic rings. The van der Waals surface area contributed by atoms with Crippen LogP contribution in [0.1, 0.15) is 18.7 Å². The predicted octanol–water partition coefficient (Wildman–Crippen LogP) is 2.68. The number of hydrogen-bond acceptors (Lipinski definition) is 13. The molecule has 228 valence electrons. The zero-order valence-corrected chi connectivity index (χ0v) is 23.9. The Kier molecular flexibility index (Phi) is 9.15. The molecule has 0 amide bonds. The van der Waals surface area contributed by atoms with Crippen LogP contribution in [0.15, 0.2) is 72.4 Å². The van der Waals surface area contributed by atoms with Gasteiger partial charge in [0.25, 0.3) is 8.61 Å². The van der Waals surface area contributed by atoms with Crippen molar-refractivity contribution in [2.24, 2.45) is 5.11 Å². The molecule has 0 radical (unpaired) electrons. The van der Waals surface area contributed by atoms with Crippen LogP contribution in [0, 0.1) is 0 Å². The van der Waals surface area contributed by atoms with Crippen molar-refractivity contribution in [3.8, 4) is 11.5 Å². The zero-order valence-electron chi connectivity index (χ0n) is 23.0. The van der Waals surface area contributed by atoms with E-state index in [9.17, 15) is 25.1 Å². The highest BCUT2D eigenvalue weighted by atomic mass is 31.1. The van der Waals surface area contributed by atoms with E-state index < -0.39 is 51.4 Å². The third-order valence-electron chi connectivity index (χ3n) is 6.73. The molecule has 2 aromatic carbocycles. The summed E-state index contributed by atoms with van der Waals surface area (Å²) in [6.07, 6.45) is -2.19. The van der Waals surface area contributed by atoms with Gasteiger partial charge >= 0.3 is 5.97 Å². The Morgan fingerprint density at radius 1 is 1.20 bits per heavy atom. The van der Waals surface area contributed by atoms with E-state index >= 15 is 0 Å². The van der Waals surface area contributed by atoms with E-state index in [1.807, 2.05) is 18.2 Å². The first-order valence-electron chi connectivity index (χ1n) is 13.0. The number of benzene rings is 2. The van der Waals surface area contributed by atoms with Gasteiger partial charge in [-0.15, -0.1) is 0 Å². The van der Waals surface area contributed by atoms with Crippen LogP contribution in [0.2, 0.25) is 0 Å². The molecule has 1 fully saturated rings. The molecule has 5 rings (SSSR count). The number of imidazole rings is 1. The molecule has 18 heteroatoms. The van der Waals surface area contributed by atoms with E-state index in [1.54, 1.807) is 24.3 Å². The van der Waals surface area contributed by atoms with Gasteiger partial charge in [-0.2, -0.15) is 0 Å². The number of aromatic nitrogens is 4. The quantitative estimate of drug-likeness (QED) is 0.0515. The number of para-hydroxylation sites is 2. The largest absolute Gasteiger partial charge is 0.486 e. The minimum atomic E-state index is -2.12. The summed E-state index contributed by atoms with van der Waals surface area (Å²) < 4.78 is 30.4. The first-order chi connectivity index (χ1) is 21.3. The number of ether oxygens (including phenoxy) is 3. The molecule has 1 saturated heterocycles. The maximum Gasteiger partial charge on any atom is 0.327 e. The molecule has 0 saturated carbocycles. The molecular weight excluding hydrogens is 597 g/mol. The number of aliphatic hydroxyl groups excluding tert-OH is 2. The number of aliphatic hydroxyl groups is 2. The summed E-state index contributed by atoms with van der Waals surface area (Å²) in [6, 6.07) is 14.1. The fraction of sp³-hybridized carbons (Fsp3) is 0.308. The van der Waals surface area contributed by atoms with Crippen molar-refractivity contribution < 1.29 is 38.6 Å². The molecular formula is C26H26N9O8P. The number of rotatable bonds is 12. The third kappa shape index (κ3) is 6.09. The van der Waals surface area contributed by atoms with E-state index in [0.29, 0.717) is 0 Å². The number of carbonyl (C=O) groups is 1. The summed E-state index contributed by atoms with van der Waals surface area (Å²) in [5, 5.41) is 25.5. The number of fused-ring (bicyclic) bond motifs is 1. The van der Waals surface area contributed by atoms with Crippen LogP contribution in [0.3, 0.4) is 0 Å². The van der Waals surface area contributed by atoms with Crippen molar-refractivity contribution in [2.75, 3.05) is 12.3 Å². The van der Waals surface area contributed by atoms with Crippen LogP contribution in [-0.4, -0.2) is 71.1 Å². The number of hydroxylamine groups is 1. The molecule has 44 heavy (non-hydrogen) atoms. The van der Waals surface area contributed by atoms with E-state index in [0.717, 1.165) is 10.4 Å². The number of carbonyl (C=O) groups excluding carboxylic acids is 1. The lowest BCUT2D eigenvalue weighted by Gasteiger charge is -2.27. The molecule has 1 aliphatic rings. The first-order valence-corrected chi connectivity index (χ1v) is 13.8. The molecule has 5 atom stereocenters. The molecule has 1 unspecified atom stereocenters. The van der Waals surface area contributed by atoms with E-state index in [4.69, 9.17) is 24.8 Å². The Hall–Kier alpha value is -4.89. The number of azide groups is 1. The molecule has 0 aliphatic carbocycles. The fourth-order valence-corrected chi connectivity index (χ4v) is 4.75. The van der Waals surface area contributed by atoms with Crippen molar-refractivity contribution in [1.29, 1.82) is 0 Å². The second-order valence-electron chi connectivity index (χ2n) is 9.54. The number of nitrogen functional groups attached to an aromatic ring is 1. The summed E-state index contributed by atoms with van der Waals surface area (Å²) in [7, 11) is -0.654. The maximum atomic E-state index is 12.6. The van der Waals surface area contributed by atoms with E-state index in [1.165, 1.54) is 36.3 Å². The number of anilines is 1. The van der Waals surface area contributed by atoms with Crippen molar-refractivity contribution in [3.05, 3.63) is 83.3 Å². The zero-order chi connectivity index (χ0) is 31.3. The highest BCUT2D eigenvalue weighted by Gasteiger charge is 2.56. The van der Waals surface area contributed by atoms with Gasteiger partial charge in [0.1, 0.15) is 37.3 Å². The van der Waals surface area contributed by atoms with Gasteiger partial charge in [0.05, 0.1) is 6.33 Å². The summed E-state index contributed by atoms with van der Waals surface area (Å²) >= 11 is 0. The Labute approximate surface area is 250 Å². The molecule has 3 heterocycles. The van der Waals surface area contributed by atoms with Crippen LogP contribution in [0.25, 0.3) is 21.6 Å². The van der Waals surface area contributed by atoms with Gasteiger partial charge in [-0.05, 0) is 35.0 Å². The Morgan fingerprint density at radius 3 is 2.66 bits per heavy atom. The van der Waals surface area contributed by atoms with Crippen molar-refractivity contribution >= 4 is 31.6 Å². The topological polar surface area (TPSA) is 233 Å². The maximum absolute atomic E-state index is 12.6. The van der Waals surface area contributed by atoms with Gasteiger partial charge in [0.15, 0.2) is 35.2 Å². The Bertz CT molecular complexity index is 1690. The highest BCUT2D eigenvalue weighted by Crippen LogP contribution is 2.41. The van der Waals surface area contributed by atoms with Gasteiger partial charge in [-0.1, -0.05) is 47.6 Å². The van der Waals surface area contributed by atoms with Crippen LogP contribution in [0.5, 0.6) is 11.5 Å². The van der Waals surface area contributed by atoms with E-state index in [2.05, 4.69) is 25.0 Å². The van der Waals surface area contributed by atoms with Gasteiger partial charge in [0.2, 0.25) is 5.72 Å². The average Bonchev–Trinajstić information content (AvgIpc) is 3.58. The van der Waals surface area contributed by atoms with Gasteiger partial charge < -0.3 is 35.0 Å². The van der Waals surface area contributed by atoms with Crippen LogP contribution < -0.4 is 15.3 Å². The summed E-state index contributed by atoms with van der Waals surface area (Å²) in [5.41, 5.74) is 14.3. The monoisotopic (exact) mass is 623 g/mol. The van der Waals surface area contributed by atoms with Gasteiger partial charge in [0, 0.05) is 4.91 Å². The molecule has 1 aliphatic heterocycles. The average molecular weight is 624 g/mol. The minimum Gasteiger partial charge on any atom is -0.486 e. The Balaban J connectivity index is 1.31. The summed E-state index contributed by atoms with van der Waals surface area (Å²) in [4.78, 5) is 34.1. The minimum absolute atomic E-state index is 0.0131. The molecule has 0 bridgehead atoms. The van der Waals surface area contributed by atoms with E-state index in [-0.39, 0.29) is 35.1 Å². The second-order valence-corrected chi connectivity index (χ2v) is 10.1. The molecule has 4 N–H and O–H groups in total. The van der Waals surface area contributed by atoms with Gasteiger partial charge in [-0.3, -0.25) is 13.9 Å². The number of esters is 1. The standard InChI is InChI=1S/C26H26N9O8P/c1-15(25(38)40-11-16-7-3-2-4-8-16)35(44-39)43-18-10-6-5-9-17(18)41-12-26(32-33-28)21(37)20(36)24(42-26)34-14-31-19-22(27)29-13-30-23(19)34/h2-10,13-15,20-21,24,36-37H,11-12H2,1H3,(H2,27,29,30)/t15?,20-,21+,24-,26-/m1/s1. The normalized spacial score (nSPS) is 22.0. The van der Waals surface area contributed by atoms with Crippen molar-refractivity contribution in [1.82, 2.24) is 24.4 Å². The third-order valence-corrected chi connectivity index (χ3v) is 7.32. The van der Waals surface area contributed by atoms with Crippen molar-refractivity contribution in [3.63, 3.8) is 0 Å². The molecule has 17 nitrogen and oxygen atoms in total. The smallest absolute Gasteiger partial charge is 0.327 e. The summed E-state index contributed by atoms with van der Waals surface area (Å²) in [5.74, 6) is -0.541. The highest BCUT2D eigenvalue weighted by molar-refractivity contribution is 7.20. The fourth-order valence-electron chi connectivity index (χ4n) is 4.39. The van der Waals surface area contributed by atoms with Gasteiger partial charge in [-0.25, -0.2) is 15.0 Å². The number of nitrogens with zero attached hydrogens (tertiary/aromatic N) is 8. The lowest BCUT2D eigenvalue weighted by Crippen LogP contribution is -2.46. The lowest BCUT2D eigenvalue weighted by atomic mass is 10.1. The number of nitrogens with two attached hydrogens (primary N) is 1. The van der Waals surface area contributed by atoms with Crippen LogP contribution in [0.4, 0.5) is 5.82 Å². The van der Waals surface area contributed by atoms with Crippen molar-refractivity contribution in [2.45, 2.75) is 43.7 Å². The SMILES string of the molecule is CC(C(=O)OCc1ccccc1)N(Oc1ccccc1OC[C@@]1(N=[N+]=[N-])O[C@@H](n2cnc3c(N)ncnc32)[C@H](O)[C@@H]1O)P=O. The number of hydrogen-bond donors (Lipinski definition) is 3. The van der Waals surface area contributed by atoms with Crippen LogP contribution in [-0.2, 0) is 25.4 Å². The first kappa shape index (κ1) is 30.6. The lowest BCUT2D eigenvalue weighted by molar-refractivity contribution is -0.155. The van der Waals surface area contributed by atoms with Crippen LogP contribution >= 0.6 is 8.61 Å². The summed E-state index contributed by atoms with van der Waals surface area (Å²) in [6.45, 7) is 0.861. The molecule has 0 spiro atoms. The molecule has 2 aromatic heterocycles. The Morgan fingerprint density at radius 2 is 1.93 bits per heavy atom. The second kappa shape index (κ2) is 13.2.